The van der Waals surface area contributed by atoms with Gasteiger partial charge in [0.1, 0.15) is 0 Å². The molecule has 0 fully saturated rings. The van der Waals surface area contributed by atoms with Gasteiger partial charge in [-0.05, 0) is 6.08 Å². The first kappa shape index (κ1) is 7.88. The monoisotopic (exact) mass is 132 g/mol. The first-order valence-corrected chi connectivity index (χ1v) is 2.45. The Kier molecular flexibility index (Phi) is 3.35. The van der Waals surface area contributed by atoms with Crippen molar-refractivity contribution in [2.24, 2.45) is 0 Å². The van der Waals surface area contributed by atoms with Crippen LogP contribution in [0.25, 0.3) is 0 Å². The van der Waals surface area contributed by atoms with Crippen molar-refractivity contribution in [3.63, 3.8) is 0 Å². The molecule has 0 aliphatic rings. The fraction of sp³-hybridized carbons (Fsp3) is 0.333. The fourth-order valence-electron chi connectivity index (χ4n) is 0.232. The van der Waals surface area contributed by atoms with Crippen LogP contribution in [0.15, 0.2) is 12.7 Å². The third-order valence-electron chi connectivity index (χ3n) is 0.645. The molecule has 0 aromatic carbocycles. The van der Waals surface area contributed by atoms with E-state index >= 15 is 0 Å². The van der Waals surface area contributed by atoms with E-state index in [1.807, 2.05) is 0 Å². The summed E-state index contributed by atoms with van der Waals surface area (Å²) < 4.78 is 4.33. The van der Waals surface area contributed by atoms with Crippen molar-refractivity contribution >= 4 is 11.8 Å². The van der Waals surface area contributed by atoms with Gasteiger partial charge in [-0.2, -0.15) is 0 Å². The summed E-state index contributed by atoms with van der Waals surface area (Å²) in [5.41, 5.74) is 0. The minimum absolute atomic E-state index is 0.196. The molecule has 0 spiro atoms. The lowest BCUT2D eigenvalue weighted by Crippen LogP contribution is -2.08. The second kappa shape index (κ2) is 3.83. The molecule has 0 radical (unpaired) electrons. The van der Waals surface area contributed by atoms with Gasteiger partial charge in [0.25, 0.3) is 0 Å². The van der Waals surface area contributed by atoms with Gasteiger partial charge in [-0.3, -0.25) is 9.59 Å². The summed E-state index contributed by atoms with van der Waals surface area (Å²) in [4.78, 5) is 20.4. The van der Waals surface area contributed by atoms with Crippen LogP contribution in [0, 0.1) is 0 Å². The minimum atomic E-state index is -0.454. The zero-order chi connectivity index (χ0) is 7.28. The maximum absolute atomic E-state index is 10.3. The van der Waals surface area contributed by atoms with Gasteiger partial charge in [-0.1, -0.05) is 6.58 Å². The molecule has 0 aliphatic carbocycles. The Morgan fingerprint density at radius 2 is 2.22 bits per heavy atom. The fourth-order valence-corrected chi connectivity index (χ4v) is 0.232. The molecule has 0 aliphatic heterocycles. The van der Waals surface area contributed by atoms with Gasteiger partial charge >= 0.3 is 5.97 Å². The van der Waals surface area contributed by atoms with E-state index in [4.69, 9.17) is 0 Å². The second-order valence-electron chi connectivity index (χ2n) is 1.45. The molecular weight excluding hydrogens is 124 g/mol. The summed E-state index contributed by atoms with van der Waals surface area (Å²) in [5, 5.41) is 0. The number of carbonyl (C=O) groups excluding carboxylic acids is 2. The molecule has 0 rings (SSSR count). The van der Waals surface area contributed by atoms with Gasteiger partial charge in [-0.15, -0.1) is 0 Å². The standard InChI is InChI=1S/C6H8O3/c1-3-6(8)4-9-5(2)7/h3H,1,4H2,2H3/i1+1,3+1,4+1,6+1. The van der Waals surface area contributed by atoms with Crippen molar-refractivity contribution in [3.05, 3.63) is 12.7 Å². The van der Waals surface area contributed by atoms with Gasteiger partial charge in [-0.25, -0.2) is 0 Å². The van der Waals surface area contributed by atoms with Crippen molar-refractivity contribution in [2.75, 3.05) is 6.61 Å². The van der Waals surface area contributed by atoms with Crippen LogP contribution >= 0.6 is 0 Å². The largest absolute Gasteiger partial charge is 0.457 e. The van der Waals surface area contributed by atoms with Crippen LogP contribution in [0.1, 0.15) is 6.92 Å². The molecule has 9 heavy (non-hydrogen) atoms. The molecule has 0 aromatic rings. The van der Waals surface area contributed by atoms with Crippen molar-refractivity contribution in [2.45, 2.75) is 6.92 Å². The predicted molar refractivity (Wildman–Crippen MR) is 31.8 cm³/mol. The Bertz CT molecular complexity index is 137. The summed E-state index contributed by atoms with van der Waals surface area (Å²) in [6.45, 7) is 4.25. The maximum atomic E-state index is 10.3. The van der Waals surface area contributed by atoms with Gasteiger partial charge in [0.05, 0.1) is 0 Å². The van der Waals surface area contributed by atoms with Crippen LogP contribution in [0.2, 0.25) is 0 Å². The molecular formula is C6H8O3. The number of carbonyl (C=O) groups is 2. The Labute approximate surface area is 53.3 Å². The Balaban J connectivity index is 3.39. The summed E-state index contributed by atoms with van der Waals surface area (Å²) in [6, 6.07) is 0. The highest BCUT2D eigenvalue weighted by atomic mass is 16.6. The third kappa shape index (κ3) is 4.74. The number of hydrogen-bond acceptors (Lipinski definition) is 3. The molecule has 3 nitrogen and oxygen atoms in total. The van der Waals surface area contributed by atoms with Crippen molar-refractivity contribution < 1.29 is 14.3 Å². The summed E-state index contributed by atoms with van der Waals surface area (Å²) in [6.07, 6.45) is 1.11. The van der Waals surface area contributed by atoms with E-state index in [2.05, 4.69) is 11.3 Å². The Morgan fingerprint density at radius 3 is 2.56 bits per heavy atom. The molecule has 0 unspecified atom stereocenters. The van der Waals surface area contributed by atoms with Crippen LogP contribution in [0.5, 0.6) is 0 Å². The zero-order valence-electron chi connectivity index (χ0n) is 5.22. The molecule has 0 bridgehead atoms. The first-order valence-electron chi connectivity index (χ1n) is 2.45. The van der Waals surface area contributed by atoms with E-state index in [0.717, 1.165) is 6.08 Å². The number of ether oxygens (including phenoxy) is 1. The topological polar surface area (TPSA) is 43.4 Å². The number of esters is 1. The van der Waals surface area contributed by atoms with Crippen LogP contribution in [0.3, 0.4) is 0 Å². The lowest BCUT2D eigenvalue weighted by atomic mass is 10.8. The van der Waals surface area contributed by atoms with E-state index in [9.17, 15) is 9.59 Å². The van der Waals surface area contributed by atoms with Crippen molar-refractivity contribution in [3.8, 4) is 0 Å². The highest BCUT2D eigenvalue weighted by molar-refractivity contribution is 5.91. The van der Waals surface area contributed by atoms with E-state index in [-0.39, 0.29) is 12.4 Å². The minimum Gasteiger partial charge on any atom is -0.457 e. The summed E-state index contributed by atoms with van der Waals surface area (Å²) in [7, 11) is 0. The quantitative estimate of drug-likeness (QED) is 0.315. The molecule has 0 saturated heterocycles. The molecule has 0 amide bonds. The van der Waals surface area contributed by atoms with Gasteiger partial charge < -0.3 is 4.74 Å². The highest BCUT2D eigenvalue weighted by Gasteiger charge is 1.96. The van der Waals surface area contributed by atoms with Gasteiger partial charge in [0, 0.05) is 6.92 Å². The average Bonchev–Trinajstić information content (AvgIpc) is 1.83. The lowest BCUT2D eigenvalue weighted by Gasteiger charge is -1.94. The normalized spacial score (nSPS) is 8.11. The van der Waals surface area contributed by atoms with Gasteiger partial charge in [0.2, 0.25) is 0 Å². The average molecular weight is 132 g/mol. The van der Waals surface area contributed by atoms with Crippen molar-refractivity contribution in [1.29, 1.82) is 0 Å². The molecule has 0 atom stereocenters. The van der Waals surface area contributed by atoms with E-state index in [1.54, 1.807) is 0 Å². The Morgan fingerprint density at radius 1 is 1.67 bits per heavy atom. The number of rotatable bonds is 3. The SMILES string of the molecule is CC(=O)O[13CH2][13C](=O)[13CH]=[13CH2]. The second-order valence-corrected chi connectivity index (χ2v) is 1.45. The smallest absolute Gasteiger partial charge is 0.303 e. The van der Waals surface area contributed by atoms with E-state index in [1.165, 1.54) is 6.92 Å². The van der Waals surface area contributed by atoms with Crippen LogP contribution in [-0.4, -0.2) is 18.4 Å². The van der Waals surface area contributed by atoms with Crippen molar-refractivity contribution in [1.82, 2.24) is 0 Å². The maximum Gasteiger partial charge on any atom is 0.303 e. The molecule has 0 heterocycles. The van der Waals surface area contributed by atoms with E-state index < -0.39 is 5.97 Å². The predicted octanol–water partition coefficient (Wildman–Crippen LogP) is 0.305. The molecule has 0 saturated carbocycles. The summed E-state index contributed by atoms with van der Waals surface area (Å²) in [5.74, 6) is -0.740. The third-order valence-corrected chi connectivity index (χ3v) is 0.645. The summed E-state index contributed by atoms with van der Waals surface area (Å²) >= 11 is 0. The van der Waals surface area contributed by atoms with Crippen LogP contribution < -0.4 is 0 Å². The van der Waals surface area contributed by atoms with Crippen LogP contribution in [0.4, 0.5) is 0 Å². The van der Waals surface area contributed by atoms with E-state index in [0.29, 0.717) is 0 Å². The van der Waals surface area contributed by atoms with Crippen LogP contribution in [-0.2, 0) is 14.3 Å². The number of hydrogen-bond donors (Lipinski definition) is 0. The first-order chi connectivity index (χ1) is 4.16. The Hall–Kier alpha value is -1.12. The molecule has 0 N–H and O–H groups in total. The lowest BCUT2D eigenvalue weighted by molar-refractivity contribution is -0.144. The van der Waals surface area contributed by atoms with Gasteiger partial charge in [0.15, 0.2) is 12.4 Å². The zero-order valence-corrected chi connectivity index (χ0v) is 5.22. The highest BCUT2D eigenvalue weighted by Crippen LogP contribution is 1.78. The molecule has 0 aromatic heterocycles. The number of ketones is 1. The molecule has 50 valence electrons. The molecule has 3 heteroatoms.